The van der Waals surface area contributed by atoms with Gasteiger partial charge in [-0.05, 0) is 37.8 Å². The first-order chi connectivity index (χ1) is 9.58. The molecule has 0 bridgehead atoms. The Labute approximate surface area is 125 Å². The van der Waals surface area contributed by atoms with Crippen LogP contribution in [-0.2, 0) is 10.5 Å². The van der Waals surface area contributed by atoms with Gasteiger partial charge in [-0.2, -0.15) is 11.8 Å². The molecule has 0 heterocycles. The summed E-state index contributed by atoms with van der Waals surface area (Å²) in [6.45, 7) is 4.92. The molecule has 1 aliphatic carbocycles. The quantitative estimate of drug-likeness (QED) is 0.774. The number of aryl methyl sites for hydroxylation is 1. The van der Waals surface area contributed by atoms with Crippen LogP contribution in [-0.4, -0.2) is 23.7 Å². The maximum Gasteiger partial charge on any atom is 0.238 e. The Bertz CT molecular complexity index is 473. The third-order valence-electron chi connectivity index (χ3n) is 3.89. The topological polar surface area (TPSA) is 55.1 Å². The second-order valence-corrected chi connectivity index (χ2v) is 6.61. The maximum absolute atomic E-state index is 11.9. The van der Waals surface area contributed by atoms with Gasteiger partial charge in [0.25, 0.3) is 0 Å². The van der Waals surface area contributed by atoms with E-state index in [0.717, 1.165) is 30.9 Å². The molecule has 3 N–H and O–H groups in total. The molecule has 1 aromatic rings. The van der Waals surface area contributed by atoms with Crippen LogP contribution in [0.5, 0.6) is 0 Å². The predicted octanol–water partition coefficient (Wildman–Crippen LogP) is 2.47. The Hall–Kier alpha value is -1.00. The zero-order valence-corrected chi connectivity index (χ0v) is 13.1. The average molecular weight is 292 g/mol. The lowest BCUT2D eigenvalue weighted by atomic mass is 9.94. The molecule has 0 radical (unpaired) electrons. The summed E-state index contributed by atoms with van der Waals surface area (Å²) in [5.41, 5.74) is 7.76. The van der Waals surface area contributed by atoms with Crippen molar-refractivity contribution in [2.24, 2.45) is 11.7 Å². The summed E-state index contributed by atoms with van der Waals surface area (Å²) in [5, 5.41) is 3.36. The number of likely N-dealkylation sites (N-methyl/N-ethyl adjacent to an activating group) is 1. The summed E-state index contributed by atoms with van der Waals surface area (Å²) < 4.78 is 0. The minimum Gasteiger partial charge on any atom is -0.368 e. The van der Waals surface area contributed by atoms with E-state index in [-0.39, 0.29) is 5.91 Å². The van der Waals surface area contributed by atoms with E-state index in [0.29, 0.717) is 5.92 Å². The van der Waals surface area contributed by atoms with Crippen molar-refractivity contribution >= 4 is 17.7 Å². The van der Waals surface area contributed by atoms with Crippen LogP contribution in [0.2, 0.25) is 0 Å². The minimum atomic E-state index is -0.511. The second kappa shape index (κ2) is 6.64. The van der Waals surface area contributed by atoms with Crippen LogP contribution < -0.4 is 11.1 Å². The van der Waals surface area contributed by atoms with Gasteiger partial charge >= 0.3 is 0 Å². The van der Waals surface area contributed by atoms with Crippen LogP contribution in [0, 0.1) is 12.8 Å². The Morgan fingerprint density at radius 2 is 2.25 bits per heavy atom. The zero-order valence-electron chi connectivity index (χ0n) is 12.3. The highest BCUT2D eigenvalue weighted by Crippen LogP contribution is 2.41. The lowest BCUT2D eigenvalue weighted by Gasteiger charge is -2.31. The summed E-state index contributed by atoms with van der Waals surface area (Å²) in [5.74, 6) is 1.91. The van der Waals surface area contributed by atoms with Crippen LogP contribution in [0.1, 0.15) is 30.9 Å². The van der Waals surface area contributed by atoms with Gasteiger partial charge in [-0.3, -0.25) is 4.79 Å². The molecule has 0 spiro atoms. The van der Waals surface area contributed by atoms with Crippen molar-refractivity contribution < 1.29 is 4.79 Å². The van der Waals surface area contributed by atoms with Gasteiger partial charge in [0.15, 0.2) is 0 Å². The maximum atomic E-state index is 11.9. The molecule has 1 unspecified atom stereocenters. The number of carbonyl (C=O) groups excluding carboxylic acids is 1. The molecule has 0 aromatic heterocycles. The van der Waals surface area contributed by atoms with Crippen molar-refractivity contribution in [1.29, 1.82) is 0 Å². The highest BCUT2D eigenvalue weighted by Gasteiger charge is 2.49. The summed E-state index contributed by atoms with van der Waals surface area (Å²) in [6.07, 6.45) is 2.22. The molecular formula is C16H24N2OS. The number of nitrogens with one attached hydrogen (secondary N) is 1. The SMILES string of the molecule is CCNC(CSCc1cccc(C)c1)(C(N)=O)C1CC1. The molecule has 4 heteroatoms. The monoisotopic (exact) mass is 292 g/mol. The molecule has 1 atom stereocenters. The number of rotatable bonds is 8. The molecule has 0 aliphatic heterocycles. The van der Waals surface area contributed by atoms with E-state index in [9.17, 15) is 4.79 Å². The van der Waals surface area contributed by atoms with Crippen LogP contribution in [0.3, 0.4) is 0 Å². The van der Waals surface area contributed by atoms with E-state index in [1.165, 1.54) is 11.1 Å². The van der Waals surface area contributed by atoms with Gasteiger partial charge in [0, 0.05) is 11.5 Å². The third-order valence-corrected chi connectivity index (χ3v) is 5.08. The Morgan fingerprint density at radius 1 is 1.50 bits per heavy atom. The van der Waals surface area contributed by atoms with E-state index in [1.807, 2.05) is 6.92 Å². The zero-order chi connectivity index (χ0) is 14.6. The third kappa shape index (κ3) is 3.55. The first kappa shape index (κ1) is 15.4. The minimum absolute atomic E-state index is 0.196. The van der Waals surface area contributed by atoms with Crippen molar-refractivity contribution in [3.05, 3.63) is 35.4 Å². The second-order valence-electron chi connectivity index (χ2n) is 5.62. The van der Waals surface area contributed by atoms with E-state index in [1.54, 1.807) is 11.8 Å². The molecule has 2 rings (SSSR count). The first-order valence-corrected chi connectivity index (χ1v) is 8.42. The molecular weight excluding hydrogens is 268 g/mol. The van der Waals surface area contributed by atoms with E-state index in [2.05, 4.69) is 36.5 Å². The smallest absolute Gasteiger partial charge is 0.238 e. The molecule has 1 aliphatic rings. The highest BCUT2D eigenvalue weighted by molar-refractivity contribution is 7.98. The molecule has 20 heavy (non-hydrogen) atoms. The fourth-order valence-corrected chi connectivity index (χ4v) is 4.02. The summed E-state index contributed by atoms with van der Waals surface area (Å²) in [4.78, 5) is 11.9. The first-order valence-electron chi connectivity index (χ1n) is 7.26. The fourth-order valence-electron chi connectivity index (χ4n) is 2.70. The fraction of sp³-hybridized carbons (Fsp3) is 0.562. The number of primary amides is 1. The largest absolute Gasteiger partial charge is 0.368 e. The summed E-state index contributed by atoms with van der Waals surface area (Å²) >= 11 is 1.80. The number of amides is 1. The van der Waals surface area contributed by atoms with Gasteiger partial charge in [-0.25, -0.2) is 0 Å². The number of hydrogen-bond donors (Lipinski definition) is 2. The van der Waals surface area contributed by atoms with Crippen molar-refractivity contribution in [1.82, 2.24) is 5.32 Å². The normalized spacial score (nSPS) is 17.7. The van der Waals surface area contributed by atoms with Crippen LogP contribution in [0.4, 0.5) is 0 Å². The lowest BCUT2D eigenvalue weighted by Crippen LogP contribution is -2.59. The van der Waals surface area contributed by atoms with Gasteiger partial charge in [-0.1, -0.05) is 36.8 Å². The van der Waals surface area contributed by atoms with Crippen molar-refractivity contribution in [2.75, 3.05) is 12.3 Å². The summed E-state index contributed by atoms with van der Waals surface area (Å²) in [7, 11) is 0. The number of carbonyl (C=O) groups is 1. The lowest BCUT2D eigenvalue weighted by molar-refractivity contribution is -0.124. The van der Waals surface area contributed by atoms with Gasteiger partial charge in [0.05, 0.1) is 0 Å². The van der Waals surface area contributed by atoms with Crippen molar-refractivity contribution in [3.8, 4) is 0 Å². The molecule has 1 amide bonds. The predicted molar refractivity (Wildman–Crippen MR) is 85.7 cm³/mol. The molecule has 1 saturated carbocycles. The summed E-state index contributed by atoms with van der Waals surface area (Å²) in [6, 6.07) is 8.52. The Morgan fingerprint density at radius 3 is 2.80 bits per heavy atom. The highest BCUT2D eigenvalue weighted by atomic mass is 32.2. The van der Waals surface area contributed by atoms with Crippen LogP contribution in [0.15, 0.2) is 24.3 Å². The van der Waals surface area contributed by atoms with E-state index in [4.69, 9.17) is 5.73 Å². The Balaban J connectivity index is 1.97. The van der Waals surface area contributed by atoms with Crippen LogP contribution >= 0.6 is 11.8 Å². The standard InChI is InChI=1S/C16H24N2OS/c1-3-18-16(15(17)19,14-7-8-14)11-20-10-13-6-4-5-12(2)9-13/h4-6,9,14,18H,3,7-8,10-11H2,1-2H3,(H2,17,19). The average Bonchev–Trinajstić information content (AvgIpc) is 3.22. The molecule has 1 fully saturated rings. The molecule has 110 valence electrons. The van der Waals surface area contributed by atoms with Crippen LogP contribution in [0.25, 0.3) is 0 Å². The molecule has 0 saturated heterocycles. The number of benzene rings is 1. The molecule has 1 aromatic carbocycles. The van der Waals surface area contributed by atoms with Gasteiger partial charge < -0.3 is 11.1 Å². The number of hydrogen-bond acceptors (Lipinski definition) is 3. The van der Waals surface area contributed by atoms with E-state index < -0.39 is 5.54 Å². The van der Waals surface area contributed by atoms with Gasteiger partial charge in [0.1, 0.15) is 5.54 Å². The van der Waals surface area contributed by atoms with Gasteiger partial charge in [-0.15, -0.1) is 0 Å². The van der Waals surface area contributed by atoms with Gasteiger partial charge in [0.2, 0.25) is 5.91 Å². The number of thioether (sulfide) groups is 1. The van der Waals surface area contributed by atoms with Crippen molar-refractivity contribution in [2.45, 2.75) is 38.0 Å². The molecule has 3 nitrogen and oxygen atoms in total. The number of nitrogens with two attached hydrogens (primary N) is 1. The van der Waals surface area contributed by atoms with E-state index >= 15 is 0 Å². The van der Waals surface area contributed by atoms with Crippen molar-refractivity contribution in [3.63, 3.8) is 0 Å². The Kier molecular flexibility index (Phi) is 5.11.